The molecule has 4 rings (SSSR count). The largest absolute Gasteiger partial charge is 0.492 e. The highest BCUT2D eigenvalue weighted by molar-refractivity contribution is 14.0. The number of benzene rings is 1. The molecule has 1 aromatic rings. The van der Waals surface area contributed by atoms with Crippen molar-refractivity contribution in [1.29, 1.82) is 0 Å². The first-order chi connectivity index (χ1) is 12.3. The van der Waals surface area contributed by atoms with Gasteiger partial charge in [0.15, 0.2) is 17.5 Å². The summed E-state index contributed by atoms with van der Waals surface area (Å²) in [5.74, 6) is 3.23. The smallest absolute Gasteiger partial charge is 0.231 e. The summed E-state index contributed by atoms with van der Waals surface area (Å²) in [6.45, 7) is 5.36. The maximum Gasteiger partial charge on any atom is 0.231 e. The highest BCUT2D eigenvalue weighted by Gasteiger charge is 2.42. The summed E-state index contributed by atoms with van der Waals surface area (Å²) in [5.41, 5.74) is 0.334. The van der Waals surface area contributed by atoms with E-state index in [0.717, 1.165) is 55.9 Å². The van der Waals surface area contributed by atoms with Crippen LogP contribution in [0.5, 0.6) is 17.2 Å². The van der Waals surface area contributed by atoms with Crippen LogP contribution in [-0.2, 0) is 4.74 Å². The summed E-state index contributed by atoms with van der Waals surface area (Å²) >= 11 is 0. The van der Waals surface area contributed by atoms with Gasteiger partial charge in [-0.25, -0.2) is 0 Å². The second-order valence-corrected chi connectivity index (χ2v) is 6.81. The molecule has 2 fully saturated rings. The van der Waals surface area contributed by atoms with Gasteiger partial charge in [-0.3, -0.25) is 4.99 Å². The zero-order valence-corrected chi connectivity index (χ0v) is 17.4. The molecule has 26 heavy (non-hydrogen) atoms. The highest BCUT2D eigenvalue weighted by Crippen LogP contribution is 2.38. The number of nitrogens with one attached hydrogen (secondary N) is 1. The van der Waals surface area contributed by atoms with Crippen molar-refractivity contribution in [2.75, 3.05) is 53.3 Å². The lowest BCUT2D eigenvalue weighted by Gasteiger charge is -2.24. The number of fused-ring (bicyclic) bond motifs is 1. The van der Waals surface area contributed by atoms with E-state index in [9.17, 15) is 0 Å². The van der Waals surface area contributed by atoms with Crippen molar-refractivity contribution in [1.82, 2.24) is 10.2 Å². The number of rotatable bonds is 4. The summed E-state index contributed by atoms with van der Waals surface area (Å²) in [7, 11) is 1.83. The number of halogens is 1. The van der Waals surface area contributed by atoms with Gasteiger partial charge in [0.05, 0.1) is 13.2 Å². The monoisotopic (exact) mass is 475 g/mol. The molecule has 0 amide bonds. The first-order valence-corrected chi connectivity index (χ1v) is 8.84. The van der Waals surface area contributed by atoms with E-state index >= 15 is 0 Å². The van der Waals surface area contributed by atoms with Crippen LogP contribution in [-0.4, -0.2) is 64.2 Å². The molecule has 1 unspecified atom stereocenters. The Hall–Kier alpha value is -1.42. The summed E-state index contributed by atoms with van der Waals surface area (Å²) in [6.07, 6.45) is 2.34. The van der Waals surface area contributed by atoms with E-state index < -0.39 is 0 Å². The van der Waals surface area contributed by atoms with Crippen LogP contribution in [0.3, 0.4) is 0 Å². The topological polar surface area (TPSA) is 64.6 Å². The van der Waals surface area contributed by atoms with Gasteiger partial charge in [0.2, 0.25) is 6.79 Å². The van der Waals surface area contributed by atoms with Gasteiger partial charge in [0.25, 0.3) is 0 Å². The van der Waals surface area contributed by atoms with Crippen molar-refractivity contribution in [3.05, 3.63) is 18.2 Å². The maximum absolute atomic E-state index is 5.79. The number of hydrogen-bond acceptors (Lipinski definition) is 5. The van der Waals surface area contributed by atoms with E-state index in [1.165, 1.54) is 6.42 Å². The SMILES string of the molecule is CN=C(NCCOc1ccc2c(c1)OCO2)N1CCC2(CCOC2)C1.I. The molecule has 0 aliphatic carbocycles. The molecule has 3 aliphatic rings. The number of hydrogen-bond donors (Lipinski definition) is 1. The molecule has 3 aliphatic heterocycles. The first kappa shape index (κ1) is 19.3. The minimum absolute atomic E-state index is 0. The predicted molar refractivity (Wildman–Crippen MR) is 109 cm³/mol. The number of nitrogens with zero attached hydrogens (tertiary/aromatic N) is 2. The summed E-state index contributed by atoms with van der Waals surface area (Å²) in [5, 5.41) is 3.39. The van der Waals surface area contributed by atoms with Crippen molar-refractivity contribution in [3.63, 3.8) is 0 Å². The molecule has 0 radical (unpaired) electrons. The molecule has 144 valence electrons. The minimum atomic E-state index is 0. The lowest BCUT2D eigenvalue weighted by atomic mass is 9.87. The molecule has 0 aromatic heterocycles. The fourth-order valence-electron chi connectivity index (χ4n) is 3.72. The van der Waals surface area contributed by atoms with Gasteiger partial charge in [-0.05, 0) is 25.0 Å². The Morgan fingerprint density at radius 2 is 2.19 bits per heavy atom. The van der Waals surface area contributed by atoms with E-state index in [4.69, 9.17) is 18.9 Å². The van der Waals surface area contributed by atoms with Gasteiger partial charge in [-0.15, -0.1) is 24.0 Å². The van der Waals surface area contributed by atoms with Crippen LogP contribution in [0.1, 0.15) is 12.8 Å². The van der Waals surface area contributed by atoms with Crippen molar-refractivity contribution in [3.8, 4) is 17.2 Å². The zero-order valence-electron chi connectivity index (χ0n) is 15.0. The van der Waals surface area contributed by atoms with Crippen molar-refractivity contribution in [2.45, 2.75) is 12.8 Å². The van der Waals surface area contributed by atoms with E-state index in [2.05, 4.69) is 15.2 Å². The highest BCUT2D eigenvalue weighted by atomic mass is 127. The molecule has 1 atom stereocenters. The third-order valence-electron chi connectivity index (χ3n) is 5.13. The molecule has 7 nitrogen and oxygen atoms in total. The van der Waals surface area contributed by atoms with E-state index in [1.54, 1.807) is 0 Å². The fraction of sp³-hybridized carbons (Fsp3) is 0.611. The Labute approximate surface area is 171 Å². The number of guanidine groups is 1. The Bertz CT molecular complexity index is 649. The standard InChI is InChI=1S/C18H25N3O4.HI/c1-19-17(21-7-4-18(11-21)5-8-22-12-18)20-6-9-23-14-2-3-15-16(10-14)25-13-24-15;/h2-3,10H,4-9,11-13H2,1H3,(H,19,20);1H. The first-order valence-electron chi connectivity index (χ1n) is 8.84. The zero-order chi connectivity index (χ0) is 17.1. The van der Waals surface area contributed by atoms with Crippen molar-refractivity contribution in [2.24, 2.45) is 10.4 Å². The Morgan fingerprint density at radius 1 is 1.31 bits per heavy atom. The van der Waals surface area contributed by atoms with Crippen molar-refractivity contribution < 1.29 is 18.9 Å². The fourth-order valence-corrected chi connectivity index (χ4v) is 3.72. The van der Waals surface area contributed by atoms with Crippen LogP contribution >= 0.6 is 24.0 Å². The van der Waals surface area contributed by atoms with E-state index in [0.29, 0.717) is 18.6 Å². The van der Waals surface area contributed by atoms with Crippen LogP contribution < -0.4 is 19.5 Å². The van der Waals surface area contributed by atoms with Gasteiger partial charge in [-0.2, -0.15) is 0 Å². The second kappa shape index (κ2) is 8.51. The second-order valence-electron chi connectivity index (χ2n) is 6.81. The quantitative estimate of drug-likeness (QED) is 0.312. The molecule has 8 heteroatoms. The molecule has 1 spiro atoms. The van der Waals surface area contributed by atoms with Gasteiger partial charge < -0.3 is 29.2 Å². The van der Waals surface area contributed by atoms with Gasteiger partial charge >= 0.3 is 0 Å². The third-order valence-corrected chi connectivity index (χ3v) is 5.13. The van der Waals surface area contributed by atoms with Crippen LogP contribution in [0.4, 0.5) is 0 Å². The number of aliphatic imine (C=N–C) groups is 1. The number of ether oxygens (including phenoxy) is 4. The lowest BCUT2D eigenvalue weighted by Crippen LogP contribution is -2.42. The lowest BCUT2D eigenvalue weighted by molar-refractivity contribution is 0.156. The molecule has 0 saturated carbocycles. The molecule has 1 N–H and O–H groups in total. The Kier molecular flexibility index (Phi) is 6.33. The van der Waals surface area contributed by atoms with Crippen molar-refractivity contribution >= 4 is 29.9 Å². The predicted octanol–water partition coefficient (Wildman–Crippen LogP) is 2.10. The Balaban J connectivity index is 0.00000196. The molecular formula is C18H26IN3O4. The van der Waals surface area contributed by atoms with Crippen LogP contribution in [0, 0.1) is 5.41 Å². The van der Waals surface area contributed by atoms with E-state index in [-0.39, 0.29) is 30.8 Å². The van der Waals surface area contributed by atoms with Gasteiger partial charge in [0, 0.05) is 38.2 Å². The minimum Gasteiger partial charge on any atom is -0.492 e. The van der Waals surface area contributed by atoms with Crippen LogP contribution in [0.2, 0.25) is 0 Å². The van der Waals surface area contributed by atoms with E-state index in [1.807, 2.05) is 25.2 Å². The summed E-state index contributed by atoms with van der Waals surface area (Å²) in [4.78, 5) is 6.74. The normalized spacial score (nSPS) is 24.0. The van der Waals surface area contributed by atoms with Crippen LogP contribution in [0.25, 0.3) is 0 Å². The van der Waals surface area contributed by atoms with Gasteiger partial charge in [0.1, 0.15) is 12.4 Å². The third kappa shape index (κ3) is 4.11. The van der Waals surface area contributed by atoms with Gasteiger partial charge in [-0.1, -0.05) is 0 Å². The molecule has 0 bridgehead atoms. The molecule has 2 saturated heterocycles. The average molecular weight is 475 g/mol. The summed E-state index contributed by atoms with van der Waals surface area (Å²) in [6, 6.07) is 5.63. The summed E-state index contributed by atoms with van der Waals surface area (Å²) < 4.78 is 22.0. The Morgan fingerprint density at radius 3 is 3.00 bits per heavy atom. The molecular weight excluding hydrogens is 449 g/mol. The average Bonchev–Trinajstić information content (AvgIpc) is 3.37. The maximum atomic E-state index is 5.79. The number of likely N-dealkylation sites (tertiary alicyclic amines) is 1. The van der Waals surface area contributed by atoms with Crippen LogP contribution in [0.15, 0.2) is 23.2 Å². The molecule has 3 heterocycles. The molecule has 1 aromatic carbocycles.